The maximum Gasteiger partial charge on any atom is 0.306 e. The Morgan fingerprint density at radius 3 is 2.67 bits per heavy atom. The SMILES string of the molecule is Cc1cc(NCC2CCC(C(=O)O)CC2)ncc1[N+](=O)[O-]. The Bertz CT molecular complexity index is 539. The second-order valence-corrected chi connectivity index (χ2v) is 5.55. The summed E-state index contributed by atoms with van der Waals surface area (Å²) in [6.07, 6.45) is 4.47. The molecule has 1 aliphatic rings. The van der Waals surface area contributed by atoms with Crippen molar-refractivity contribution in [2.24, 2.45) is 11.8 Å². The van der Waals surface area contributed by atoms with E-state index >= 15 is 0 Å². The Balaban J connectivity index is 1.85. The number of carboxylic acids is 1. The molecule has 2 N–H and O–H groups in total. The average Bonchev–Trinajstić information content (AvgIpc) is 2.45. The lowest BCUT2D eigenvalue weighted by Crippen LogP contribution is -2.25. The van der Waals surface area contributed by atoms with Gasteiger partial charge in [-0.2, -0.15) is 0 Å². The number of carboxylic acid groups (broad SMARTS) is 1. The van der Waals surface area contributed by atoms with Crippen LogP contribution in [0, 0.1) is 28.9 Å². The molecule has 1 aliphatic carbocycles. The van der Waals surface area contributed by atoms with Gasteiger partial charge in [-0.3, -0.25) is 14.9 Å². The van der Waals surface area contributed by atoms with Crippen molar-refractivity contribution in [3.63, 3.8) is 0 Å². The molecule has 0 radical (unpaired) electrons. The van der Waals surface area contributed by atoms with Crippen LogP contribution in [0.25, 0.3) is 0 Å². The fourth-order valence-electron chi connectivity index (χ4n) is 2.70. The number of rotatable bonds is 5. The summed E-state index contributed by atoms with van der Waals surface area (Å²) in [5.74, 6) is 0.145. The summed E-state index contributed by atoms with van der Waals surface area (Å²) in [7, 11) is 0. The lowest BCUT2D eigenvalue weighted by atomic mass is 9.82. The quantitative estimate of drug-likeness (QED) is 0.638. The molecule has 0 aliphatic heterocycles. The van der Waals surface area contributed by atoms with Gasteiger partial charge in [0.25, 0.3) is 5.69 Å². The number of aryl methyl sites for hydroxylation is 1. The van der Waals surface area contributed by atoms with E-state index in [9.17, 15) is 14.9 Å². The number of hydrogen-bond acceptors (Lipinski definition) is 5. The molecule has 114 valence electrons. The van der Waals surface area contributed by atoms with Crippen LogP contribution in [0.5, 0.6) is 0 Å². The van der Waals surface area contributed by atoms with E-state index in [2.05, 4.69) is 10.3 Å². The van der Waals surface area contributed by atoms with Crippen molar-refractivity contribution in [1.29, 1.82) is 0 Å². The molecule has 0 unspecified atom stereocenters. The fourth-order valence-corrected chi connectivity index (χ4v) is 2.70. The molecule has 0 saturated heterocycles. The second kappa shape index (κ2) is 6.51. The number of anilines is 1. The van der Waals surface area contributed by atoms with E-state index < -0.39 is 10.9 Å². The van der Waals surface area contributed by atoms with Crippen molar-refractivity contribution >= 4 is 17.5 Å². The normalized spacial score (nSPS) is 21.8. The number of nitrogens with zero attached hydrogens (tertiary/aromatic N) is 2. The van der Waals surface area contributed by atoms with Gasteiger partial charge >= 0.3 is 5.97 Å². The predicted molar refractivity (Wildman–Crippen MR) is 77.2 cm³/mol. The molecule has 2 rings (SSSR count). The number of carbonyl (C=O) groups is 1. The van der Waals surface area contributed by atoms with Gasteiger partial charge in [0.15, 0.2) is 0 Å². The van der Waals surface area contributed by atoms with Gasteiger partial charge in [-0.1, -0.05) is 0 Å². The Hall–Kier alpha value is -2.18. The smallest absolute Gasteiger partial charge is 0.306 e. The standard InChI is InChI=1S/C14H19N3O4/c1-9-6-13(16-8-12(9)17(20)21)15-7-10-2-4-11(5-3-10)14(18)19/h6,8,10-11H,2-5,7H2,1H3,(H,15,16)(H,18,19). The summed E-state index contributed by atoms with van der Waals surface area (Å²) < 4.78 is 0. The molecule has 1 heterocycles. The lowest BCUT2D eigenvalue weighted by molar-refractivity contribution is -0.385. The molecule has 21 heavy (non-hydrogen) atoms. The van der Waals surface area contributed by atoms with Crippen LogP contribution in [0.2, 0.25) is 0 Å². The average molecular weight is 293 g/mol. The van der Waals surface area contributed by atoms with Crippen LogP contribution in [-0.2, 0) is 4.79 Å². The van der Waals surface area contributed by atoms with E-state index in [1.807, 2.05) is 0 Å². The number of aromatic nitrogens is 1. The molecule has 0 amide bonds. The highest BCUT2D eigenvalue weighted by molar-refractivity contribution is 5.70. The summed E-state index contributed by atoms with van der Waals surface area (Å²) >= 11 is 0. The number of nitrogens with one attached hydrogen (secondary N) is 1. The van der Waals surface area contributed by atoms with E-state index in [1.54, 1.807) is 13.0 Å². The van der Waals surface area contributed by atoms with Crippen LogP contribution in [0.15, 0.2) is 12.3 Å². The van der Waals surface area contributed by atoms with Crippen LogP contribution in [0.1, 0.15) is 31.2 Å². The highest BCUT2D eigenvalue weighted by Crippen LogP contribution is 2.29. The summed E-state index contributed by atoms with van der Waals surface area (Å²) in [5.41, 5.74) is 0.592. The van der Waals surface area contributed by atoms with Gasteiger partial charge in [-0.15, -0.1) is 0 Å². The van der Waals surface area contributed by atoms with E-state index in [-0.39, 0.29) is 11.6 Å². The minimum absolute atomic E-state index is 0.0162. The Labute approximate surface area is 122 Å². The maximum absolute atomic E-state index is 10.9. The van der Waals surface area contributed by atoms with Crippen molar-refractivity contribution in [3.05, 3.63) is 27.9 Å². The zero-order valence-electron chi connectivity index (χ0n) is 11.9. The minimum atomic E-state index is -0.700. The number of nitro groups is 1. The number of hydrogen-bond donors (Lipinski definition) is 2. The summed E-state index contributed by atoms with van der Waals surface area (Å²) in [6, 6.07) is 1.67. The Morgan fingerprint density at radius 2 is 2.14 bits per heavy atom. The van der Waals surface area contributed by atoms with Crippen molar-refractivity contribution in [1.82, 2.24) is 4.98 Å². The number of pyridine rings is 1. The predicted octanol–water partition coefficient (Wildman–Crippen LogP) is 2.60. The van der Waals surface area contributed by atoms with Crippen LogP contribution in [0.3, 0.4) is 0 Å². The zero-order valence-corrected chi connectivity index (χ0v) is 11.9. The first kappa shape index (κ1) is 15.2. The van der Waals surface area contributed by atoms with Gasteiger partial charge in [0.05, 0.1) is 10.8 Å². The zero-order chi connectivity index (χ0) is 15.4. The van der Waals surface area contributed by atoms with Crippen LogP contribution in [-0.4, -0.2) is 27.5 Å². The number of aliphatic carboxylic acids is 1. The third kappa shape index (κ3) is 3.90. The highest BCUT2D eigenvalue weighted by Gasteiger charge is 2.25. The fraction of sp³-hybridized carbons (Fsp3) is 0.571. The molecule has 7 nitrogen and oxygen atoms in total. The molecule has 0 aromatic carbocycles. The molecule has 0 spiro atoms. The van der Waals surface area contributed by atoms with Gasteiger partial charge in [0, 0.05) is 12.1 Å². The Morgan fingerprint density at radius 1 is 1.48 bits per heavy atom. The van der Waals surface area contributed by atoms with Crippen LogP contribution in [0.4, 0.5) is 11.5 Å². The van der Waals surface area contributed by atoms with Crippen molar-refractivity contribution in [2.45, 2.75) is 32.6 Å². The topological polar surface area (TPSA) is 105 Å². The van der Waals surface area contributed by atoms with Gasteiger partial charge in [-0.25, -0.2) is 4.98 Å². The molecule has 1 aromatic rings. The molecular formula is C14H19N3O4. The van der Waals surface area contributed by atoms with Crippen LogP contribution >= 0.6 is 0 Å². The van der Waals surface area contributed by atoms with Gasteiger partial charge in [0.2, 0.25) is 0 Å². The monoisotopic (exact) mass is 293 g/mol. The molecule has 1 aromatic heterocycles. The first-order valence-corrected chi connectivity index (χ1v) is 7.05. The summed E-state index contributed by atoms with van der Waals surface area (Å²) in [5, 5.41) is 22.9. The second-order valence-electron chi connectivity index (χ2n) is 5.55. The third-order valence-electron chi connectivity index (χ3n) is 4.05. The molecule has 7 heteroatoms. The van der Waals surface area contributed by atoms with E-state index in [1.165, 1.54) is 6.20 Å². The van der Waals surface area contributed by atoms with Crippen molar-refractivity contribution in [2.75, 3.05) is 11.9 Å². The molecule has 0 atom stereocenters. The maximum atomic E-state index is 10.9. The van der Waals surface area contributed by atoms with E-state index in [4.69, 9.17) is 5.11 Å². The van der Waals surface area contributed by atoms with E-state index in [0.29, 0.717) is 30.1 Å². The van der Waals surface area contributed by atoms with Gasteiger partial charge < -0.3 is 10.4 Å². The van der Waals surface area contributed by atoms with Crippen molar-refractivity contribution in [3.8, 4) is 0 Å². The molecule has 0 bridgehead atoms. The van der Waals surface area contributed by atoms with Gasteiger partial charge in [-0.05, 0) is 44.6 Å². The molecule has 1 saturated carbocycles. The first-order valence-electron chi connectivity index (χ1n) is 7.05. The first-order chi connectivity index (χ1) is 9.97. The highest BCUT2D eigenvalue weighted by atomic mass is 16.6. The minimum Gasteiger partial charge on any atom is -0.481 e. The Kier molecular flexibility index (Phi) is 4.72. The summed E-state index contributed by atoms with van der Waals surface area (Å²) in [6.45, 7) is 2.40. The van der Waals surface area contributed by atoms with E-state index in [0.717, 1.165) is 19.4 Å². The molecular weight excluding hydrogens is 274 g/mol. The summed E-state index contributed by atoms with van der Waals surface area (Å²) in [4.78, 5) is 25.2. The van der Waals surface area contributed by atoms with Crippen LogP contribution < -0.4 is 5.32 Å². The third-order valence-corrected chi connectivity index (χ3v) is 4.05. The lowest BCUT2D eigenvalue weighted by Gasteiger charge is -2.26. The molecule has 1 fully saturated rings. The largest absolute Gasteiger partial charge is 0.481 e. The van der Waals surface area contributed by atoms with Gasteiger partial charge in [0.1, 0.15) is 12.0 Å². The van der Waals surface area contributed by atoms with Crippen molar-refractivity contribution < 1.29 is 14.8 Å².